The molecule has 0 bridgehead atoms. The van der Waals surface area contributed by atoms with Crippen LogP contribution < -0.4 is 10.1 Å². The van der Waals surface area contributed by atoms with Gasteiger partial charge in [0.1, 0.15) is 11.6 Å². The first-order valence-corrected chi connectivity index (χ1v) is 5.96. The molecule has 96 valence electrons. The van der Waals surface area contributed by atoms with E-state index in [9.17, 15) is 0 Å². The predicted octanol–water partition coefficient (Wildman–Crippen LogP) is 2.72. The molecule has 0 saturated heterocycles. The monoisotopic (exact) mass is 254 g/mol. The van der Waals surface area contributed by atoms with E-state index in [-0.39, 0.29) is 0 Å². The van der Waals surface area contributed by atoms with Crippen molar-refractivity contribution in [2.45, 2.75) is 0 Å². The van der Waals surface area contributed by atoms with E-state index in [1.807, 2.05) is 43.6 Å². The number of nitrogens with one attached hydrogen (secondary N) is 1. The molecule has 0 aliphatic carbocycles. The van der Waals surface area contributed by atoms with E-state index in [0.717, 1.165) is 28.2 Å². The van der Waals surface area contributed by atoms with Gasteiger partial charge in [-0.25, -0.2) is 4.98 Å². The maximum absolute atomic E-state index is 5.26. The molecule has 0 atom stereocenters. The van der Waals surface area contributed by atoms with Crippen LogP contribution in [-0.2, 0) is 7.05 Å². The van der Waals surface area contributed by atoms with Gasteiger partial charge in [-0.3, -0.25) is 4.68 Å². The number of nitrogens with zero attached hydrogens (tertiary/aromatic N) is 3. The van der Waals surface area contributed by atoms with Crippen molar-refractivity contribution in [2.75, 3.05) is 12.4 Å². The fourth-order valence-electron chi connectivity index (χ4n) is 1.98. The number of aryl methyl sites for hydroxylation is 1. The SMILES string of the molecule is COc1ccc2ccnc(Nc3ccn(C)n3)c2c1. The lowest BCUT2D eigenvalue weighted by atomic mass is 10.1. The lowest BCUT2D eigenvalue weighted by molar-refractivity contribution is 0.415. The Balaban J connectivity index is 2.06. The maximum Gasteiger partial charge on any atom is 0.153 e. The lowest BCUT2D eigenvalue weighted by Crippen LogP contribution is -1.97. The molecule has 5 nitrogen and oxygen atoms in total. The Morgan fingerprint density at radius 1 is 1.21 bits per heavy atom. The van der Waals surface area contributed by atoms with Gasteiger partial charge in [-0.15, -0.1) is 0 Å². The number of ether oxygens (including phenoxy) is 1. The van der Waals surface area contributed by atoms with Crippen LogP contribution in [0.25, 0.3) is 10.8 Å². The van der Waals surface area contributed by atoms with Gasteiger partial charge in [0.2, 0.25) is 0 Å². The Bertz CT molecular complexity index is 720. The molecular formula is C14H14N4O. The van der Waals surface area contributed by atoms with Crippen LogP contribution in [-0.4, -0.2) is 21.9 Å². The van der Waals surface area contributed by atoms with Crippen LogP contribution in [0.15, 0.2) is 42.7 Å². The van der Waals surface area contributed by atoms with Crippen molar-refractivity contribution in [1.29, 1.82) is 0 Å². The van der Waals surface area contributed by atoms with E-state index in [1.165, 1.54) is 0 Å². The van der Waals surface area contributed by atoms with Crippen molar-refractivity contribution >= 4 is 22.4 Å². The quantitative estimate of drug-likeness (QED) is 0.780. The van der Waals surface area contributed by atoms with Gasteiger partial charge in [0, 0.05) is 30.9 Å². The zero-order chi connectivity index (χ0) is 13.2. The van der Waals surface area contributed by atoms with E-state index in [0.29, 0.717) is 0 Å². The number of hydrogen-bond acceptors (Lipinski definition) is 4. The standard InChI is InChI=1S/C14H14N4O/c1-18-8-6-13(17-18)16-14-12-9-11(19-2)4-3-10(12)5-7-15-14/h3-9H,1-2H3,(H,15,16,17). The molecule has 0 amide bonds. The number of methoxy groups -OCH3 is 1. The first-order chi connectivity index (χ1) is 9.26. The Hall–Kier alpha value is -2.56. The second kappa shape index (κ2) is 4.61. The van der Waals surface area contributed by atoms with Gasteiger partial charge in [-0.2, -0.15) is 5.10 Å². The Morgan fingerprint density at radius 3 is 2.84 bits per heavy atom. The summed E-state index contributed by atoms with van der Waals surface area (Å²) in [5, 5.41) is 9.62. The van der Waals surface area contributed by atoms with Crippen molar-refractivity contribution in [3.8, 4) is 5.75 Å². The number of hydrogen-bond donors (Lipinski definition) is 1. The third-order valence-corrected chi connectivity index (χ3v) is 2.93. The zero-order valence-electron chi connectivity index (χ0n) is 10.8. The molecule has 0 aliphatic heterocycles. The van der Waals surface area contributed by atoms with Crippen molar-refractivity contribution < 1.29 is 4.74 Å². The van der Waals surface area contributed by atoms with Crippen LogP contribution in [0.5, 0.6) is 5.75 Å². The fourth-order valence-corrected chi connectivity index (χ4v) is 1.98. The molecule has 0 fully saturated rings. The minimum Gasteiger partial charge on any atom is -0.497 e. The number of pyridine rings is 1. The third kappa shape index (κ3) is 2.22. The number of rotatable bonds is 3. The molecule has 1 aromatic carbocycles. The molecule has 0 spiro atoms. The van der Waals surface area contributed by atoms with Gasteiger partial charge in [0.15, 0.2) is 5.82 Å². The number of fused-ring (bicyclic) bond motifs is 1. The molecule has 3 rings (SSSR count). The van der Waals surface area contributed by atoms with Crippen molar-refractivity contribution in [3.63, 3.8) is 0 Å². The number of benzene rings is 1. The van der Waals surface area contributed by atoms with Crippen LogP contribution in [0.2, 0.25) is 0 Å². The van der Waals surface area contributed by atoms with E-state index < -0.39 is 0 Å². The normalized spacial score (nSPS) is 10.6. The zero-order valence-corrected chi connectivity index (χ0v) is 10.8. The molecule has 19 heavy (non-hydrogen) atoms. The lowest BCUT2D eigenvalue weighted by Gasteiger charge is -2.08. The molecule has 0 radical (unpaired) electrons. The summed E-state index contributed by atoms with van der Waals surface area (Å²) >= 11 is 0. The minimum atomic E-state index is 0.769. The van der Waals surface area contributed by atoms with Gasteiger partial charge < -0.3 is 10.1 Å². The summed E-state index contributed by atoms with van der Waals surface area (Å²) in [6.07, 6.45) is 3.66. The Labute approximate surface area is 110 Å². The largest absolute Gasteiger partial charge is 0.497 e. The predicted molar refractivity (Wildman–Crippen MR) is 74.8 cm³/mol. The molecule has 0 aliphatic rings. The highest BCUT2D eigenvalue weighted by atomic mass is 16.5. The molecule has 1 N–H and O–H groups in total. The summed E-state index contributed by atoms with van der Waals surface area (Å²) in [5.74, 6) is 2.35. The molecule has 2 heterocycles. The van der Waals surface area contributed by atoms with Crippen LogP contribution >= 0.6 is 0 Å². The summed E-state index contributed by atoms with van der Waals surface area (Å²) in [4.78, 5) is 4.37. The van der Waals surface area contributed by atoms with E-state index in [1.54, 1.807) is 18.0 Å². The van der Waals surface area contributed by atoms with E-state index >= 15 is 0 Å². The van der Waals surface area contributed by atoms with Gasteiger partial charge >= 0.3 is 0 Å². The first-order valence-electron chi connectivity index (χ1n) is 5.96. The third-order valence-electron chi connectivity index (χ3n) is 2.93. The summed E-state index contributed by atoms with van der Waals surface area (Å²) in [7, 11) is 3.54. The highest BCUT2D eigenvalue weighted by Gasteiger charge is 2.05. The highest BCUT2D eigenvalue weighted by molar-refractivity contribution is 5.93. The maximum atomic E-state index is 5.26. The second-order valence-electron chi connectivity index (χ2n) is 4.25. The fraction of sp³-hybridized carbons (Fsp3) is 0.143. The molecule has 3 aromatic rings. The minimum absolute atomic E-state index is 0.769. The van der Waals surface area contributed by atoms with Crippen molar-refractivity contribution in [2.24, 2.45) is 7.05 Å². The Kier molecular flexibility index (Phi) is 2.79. The molecule has 0 unspecified atom stereocenters. The van der Waals surface area contributed by atoms with E-state index in [4.69, 9.17) is 4.74 Å². The van der Waals surface area contributed by atoms with Gasteiger partial charge in [-0.05, 0) is 23.6 Å². The molecular weight excluding hydrogens is 240 g/mol. The second-order valence-corrected chi connectivity index (χ2v) is 4.25. The first kappa shape index (κ1) is 11.5. The van der Waals surface area contributed by atoms with Crippen molar-refractivity contribution in [3.05, 3.63) is 42.7 Å². The summed E-state index contributed by atoms with van der Waals surface area (Å²) < 4.78 is 7.00. The average Bonchev–Trinajstić information content (AvgIpc) is 2.84. The summed E-state index contributed by atoms with van der Waals surface area (Å²) in [5.41, 5.74) is 0. The smallest absolute Gasteiger partial charge is 0.153 e. The average molecular weight is 254 g/mol. The van der Waals surface area contributed by atoms with Crippen LogP contribution in [0.4, 0.5) is 11.6 Å². The topological polar surface area (TPSA) is 52.0 Å². The highest BCUT2D eigenvalue weighted by Crippen LogP contribution is 2.27. The summed E-state index contributed by atoms with van der Waals surface area (Å²) in [6, 6.07) is 9.79. The Morgan fingerprint density at radius 2 is 2.11 bits per heavy atom. The number of aromatic nitrogens is 3. The summed E-state index contributed by atoms with van der Waals surface area (Å²) in [6.45, 7) is 0. The molecule has 0 saturated carbocycles. The van der Waals surface area contributed by atoms with Gasteiger partial charge in [0.05, 0.1) is 7.11 Å². The molecule has 2 aromatic heterocycles. The van der Waals surface area contributed by atoms with Gasteiger partial charge in [-0.1, -0.05) is 6.07 Å². The van der Waals surface area contributed by atoms with Crippen LogP contribution in [0.3, 0.4) is 0 Å². The van der Waals surface area contributed by atoms with Gasteiger partial charge in [0.25, 0.3) is 0 Å². The van der Waals surface area contributed by atoms with E-state index in [2.05, 4.69) is 15.4 Å². The van der Waals surface area contributed by atoms with Crippen LogP contribution in [0, 0.1) is 0 Å². The van der Waals surface area contributed by atoms with Crippen LogP contribution in [0.1, 0.15) is 0 Å². The van der Waals surface area contributed by atoms with Crippen molar-refractivity contribution in [1.82, 2.24) is 14.8 Å². The number of anilines is 2. The molecule has 5 heteroatoms.